The predicted molar refractivity (Wildman–Crippen MR) is 90.4 cm³/mol. The Balaban J connectivity index is 1.59. The minimum Gasteiger partial charge on any atom is -0.394 e. The Morgan fingerprint density at radius 1 is 1.36 bits per heavy atom. The topological polar surface area (TPSA) is 102 Å². The van der Waals surface area contributed by atoms with Gasteiger partial charge in [-0.3, -0.25) is 9.59 Å². The number of aliphatic hydroxyl groups excluding tert-OH is 1. The Morgan fingerprint density at radius 2 is 2.08 bits per heavy atom. The van der Waals surface area contributed by atoms with Crippen molar-refractivity contribution in [2.45, 2.75) is 63.5 Å². The first kappa shape index (κ1) is 16.3. The molecule has 0 atom stereocenters. The van der Waals surface area contributed by atoms with Crippen LogP contribution >= 0.6 is 0 Å². The minimum atomic E-state index is -0.546. The molecule has 0 bridgehead atoms. The molecule has 25 heavy (non-hydrogen) atoms. The number of fused-ring (bicyclic) bond motifs is 1. The molecule has 2 aliphatic rings. The van der Waals surface area contributed by atoms with Gasteiger partial charge >= 0.3 is 0 Å². The lowest BCUT2D eigenvalue weighted by atomic mass is 9.99. The van der Waals surface area contributed by atoms with Crippen LogP contribution in [0.4, 0.5) is 0 Å². The number of rotatable bonds is 5. The van der Waals surface area contributed by atoms with Crippen molar-refractivity contribution in [3.63, 3.8) is 0 Å². The quantitative estimate of drug-likeness (QED) is 0.822. The van der Waals surface area contributed by atoms with Gasteiger partial charge in [0.2, 0.25) is 5.91 Å². The number of carbonyl (C=O) groups is 1. The fraction of sp³-hybridized carbons (Fsp3) is 0.647. The summed E-state index contributed by atoms with van der Waals surface area (Å²) in [7, 11) is 0. The van der Waals surface area contributed by atoms with Gasteiger partial charge in [0.1, 0.15) is 17.9 Å². The third kappa shape index (κ3) is 2.95. The van der Waals surface area contributed by atoms with E-state index in [4.69, 9.17) is 0 Å². The molecule has 2 aliphatic carbocycles. The van der Waals surface area contributed by atoms with Crippen LogP contribution in [0.5, 0.6) is 0 Å². The number of aliphatic hydroxyl groups is 1. The maximum absolute atomic E-state index is 12.7. The standard InChI is InChI=1S/C17H23N5O3/c1-11-19-21(9-15(24)18-17(10-23)6-2-3-7-17)16(25)14-8-13(12-4-5-12)20-22(11)14/h8,12,23H,2-7,9-10H2,1H3,(H,18,24). The zero-order chi connectivity index (χ0) is 17.6. The van der Waals surface area contributed by atoms with E-state index >= 15 is 0 Å². The summed E-state index contributed by atoms with van der Waals surface area (Å²) >= 11 is 0. The van der Waals surface area contributed by atoms with Crippen molar-refractivity contribution in [2.75, 3.05) is 6.61 Å². The van der Waals surface area contributed by atoms with Gasteiger partial charge in [0.05, 0.1) is 17.8 Å². The summed E-state index contributed by atoms with van der Waals surface area (Å²) in [4.78, 5) is 25.1. The SMILES string of the molecule is Cc1nn(CC(=O)NC2(CO)CCCC2)c(=O)c2cc(C3CC3)nn12. The van der Waals surface area contributed by atoms with E-state index in [-0.39, 0.29) is 24.6 Å². The van der Waals surface area contributed by atoms with Gasteiger partial charge in [-0.25, -0.2) is 9.20 Å². The first-order valence-corrected chi connectivity index (χ1v) is 8.91. The van der Waals surface area contributed by atoms with Gasteiger partial charge in [0, 0.05) is 5.92 Å². The van der Waals surface area contributed by atoms with Gasteiger partial charge < -0.3 is 10.4 Å². The summed E-state index contributed by atoms with van der Waals surface area (Å²) in [5.74, 6) is 0.727. The molecule has 0 saturated heterocycles. The molecule has 1 amide bonds. The molecule has 8 nitrogen and oxygen atoms in total. The maximum Gasteiger partial charge on any atom is 0.293 e. The van der Waals surface area contributed by atoms with Crippen LogP contribution in [0.2, 0.25) is 0 Å². The number of hydrogen-bond donors (Lipinski definition) is 2. The second-order valence-corrected chi connectivity index (χ2v) is 7.34. The van der Waals surface area contributed by atoms with Crippen LogP contribution < -0.4 is 10.9 Å². The van der Waals surface area contributed by atoms with Crippen molar-refractivity contribution in [3.05, 3.63) is 27.9 Å². The monoisotopic (exact) mass is 345 g/mol. The van der Waals surface area contributed by atoms with E-state index < -0.39 is 5.54 Å². The molecule has 0 radical (unpaired) electrons. The van der Waals surface area contributed by atoms with Gasteiger partial charge in [0.25, 0.3) is 5.56 Å². The number of aromatic nitrogens is 4. The van der Waals surface area contributed by atoms with Crippen molar-refractivity contribution in [1.29, 1.82) is 0 Å². The molecule has 0 unspecified atom stereocenters. The molecule has 2 aromatic heterocycles. The average Bonchev–Trinajstić information content (AvgIpc) is 3.16. The van der Waals surface area contributed by atoms with Crippen LogP contribution in [0.25, 0.3) is 5.52 Å². The molecule has 2 heterocycles. The highest BCUT2D eigenvalue weighted by molar-refractivity contribution is 5.76. The fourth-order valence-corrected chi connectivity index (χ4v) is 3.72. The molecule has 2 N–H and O–H groups in total. The molecule has 0 aromatic carbocycles. The van der Waals surface area contributed by atoms with Crippen LogP contribution in [0.15, 0.2) is 10.9 Å². The molecule has 2 aromatic rings. The molecular formula is C17H23N5O3. The van der Waals surface area contributed by atoms with Crippen LogP contribution in [0, 0.1) is 6.92 Å². The number of aryl methyl sites for hydroxylation is 1. The van der Waals surface area contributed by atoms with Gasteiger partial charge in [-0.2, -0.15) is 10.2 Å². The number of nitrogens with one attached hydrogen (secondary N) is 1. The third-order valence-corrected chi connectivity index (χ3v) is 5.31. The average molecular weight is 345 g/mol. The van der Waals surface area contributed by atoms with Gasteiger partial charge in [0.15, 0.2) is 0 Å². The third-order valence-electron chi connectivity index (χ3n) is 5.31. The Hall–Kier alpha value is -2.22. The van der Waals surface area contributed by atoms with Crippen molar-refractivity contribution in [2.24, 2.45) is 0 Å². The van der Waals surface area contributed by atoms with E-state index in [1.807, 2.05) is 6.07 Å². The lowest BCUT2D eigenvalue weighted by Crippen LogP contribution is -2.51. The van der Waals surface area contributed by atoms with Crippen LogP contribution in [0.1, 0.15) is 56.0 Å². The summed E-state index contributed by atoms with van der Waals surface area (Å²) in [6.07, 6.45) is 5.73. The van der Waals surface area contributed by atoms with Crippen molar-refractivity contribution in [3.8, 4) is 0 Å². The van der Waals surface area contributed by atoms with Crippen LogP contribution in [-0.2, 0) is 11.3 Å². The summed E-state index contributed by atoms with van der Waals surface area (Å²) < 4.78 is 2.76. The first-order valence-electron chi connectivity index (χ1n) is 8.91. The lowest BCUT2D eigenvalue weighted by molar-refractivity contribution is -0.124. The fourth-order valence-electron chi connectivity index (χ4n) is 3.72. The van der Waals surface area contributed by atoms with E-state index in [1.165, 1.54) is 4.68 Å². The Morgan fingerprint density at radius 3 is 2.72 bits per heavy atom. The zero-order valence-electron chi connectivity index (χ0n) is 14.4. The molecule has 2 saturated carbocycles. The van der Waals surface area contributed by atoms with E-state index in [2.05, 4.69) is 15.5 Å². The Bertz CT molecular complexity index is 874. The molecule has 8 heteroatoms. The molecule has 0 spiro atoms. The predicted octanol–water partition coefficient (Wildman–Crippen LogP) is 0.498. The summed E-state index contributed by atoms with van der Waals surface area (Å²) in [6.45, 7) is 1.55. The normalized spacial score (nSPS) is 19.4. The largest absolute Gasteiger partial charge is 0.394 e. The second kappa shape index (κ2) is 5.94. The Labute approximate surface area is 144 Å². The summed E-state index contributed by atoms with van der Waals surface area (Å²) in [5, 5.41) is 21.2. The zero-order valence-corrected chi connectivity index (χ0v) is 14.4. The second-order valence-electron chi connectivity index (χ2n) is 7.34. The highest BCUT2D eigenvalue weighted by Crippen LogP contribution is 2.39. The van der Waals surface area contributed by atoms with Crippen molar-refractivity contribution < 1.29 is 9.90 Å². The Kier molecular flexibility index (Phi) is 3.87. The minimum absolute atomic E-state index is 0.0769. The molecule has 4 rings (SSSR count). The van der Waals surface area contributed by atoms with E-state index in [0.717, 1.165) is 44.2 Å². The van der Waals surface area contributed by atoms with Gasteiger partial charge in [-0.15, -0.1) is 0 Å². The van der Waals surface area contributed by atoms with E-state index in [9.17, 15) is 14.7 Å². The smallest absolute Gasteiger partial charge is 0.293 e. The highest BCUT2D eigenvalue weighted by atomic mass is 16.3. The van der Waals surface area contributed by atoms with Gasteiger partial charge in [-0.05, 0) is 38.7 Å². The van der Waals surface area contributed by atoms with E-state index in [0.29, 0.717) is 17.3 Å². The highest BCUT2D eigenvalue weighted by Gasteiger charge is 2.34. The van der Waals surface area contributed by atoms with Crippen molar-refractivity contribution >= 4 is 11.4 Å². The van der Waals surface area contributed by atoms with Crippen LogP contribution in [-0.4, -0.2) is 42.6 Å². The van der Waals surface area contributed by atoms with E-state index in [1.54, 1.807) is 11.4 Å². The summed E-state index contributed by atoms with van der Waals surface area (Å²) in [6, 6.07) is 1.81. The number of carbonyl (C=O) groups excluding carboxylic acids is 1. The maximum atomic E-state index is 12.7. The number of nitrogens with zero attached hydrogens (tertiary/aromatic N) is 4. The van der Waals surface area contributed by atoms with Gasteiger partial charge in [-0.1, -0.05) is 12.8 Å². The number of amides is 1. The van der Waals surface area contributed by atoms with Crippen molar-refractivity contribution in [1.82, 2.24) is 24.7 Å². The molecule has 134 valence electrons. The molecule has 2 fully saturated rings. The first-order chi connectivity index (χ1) is 12.0. The number of hydrogen-bond acceptors (Lipinski definition) is 5. The molecule has 0 aliphatic heterocycles. The van der Waals surface area contributed by atoms with Crippen LogP contribution in [0.3, 0.4) is 0 Å². The lowest BCUT2D eigenvalue weighted by Gasteiger charge is -2.27. The summed E-state index contributed by atoms with van der Waals surface area (Å²) in [5.41, 5.74) is 0.522. The molecular weight excluding hydrogens is 322 g/mol.